The molecule has 0 radical (unpaired) electrons. The molecule has 0 saturated carbocycles. The molecule has 2 aromatic heterocycles. The van der Waals surface area contributed by atoms with Crippen LogP contribution in [-0.4, -0.2) is 20.2 Å². The van der Waals surface area contributed by atoms with Gasteiger partial charge in [0.25, 0.3) is 0 Å². The van der Waals surface area contributed by atoms with Crippen LogP contribution >= 0.6 is 0 Å². The van der Waals surface area contributed by atoms with Crippen molar-refractivity contribution in [1.29, 1.82) is 0 Å². The Kier molecular flexibility index (Phi) is 2.49. The fourth-order valence-electron chi connectivity index (χ4n) is 1.25. The normalized spacial score (nSPS) is 12.3. The second-order valence-corrected chi connectivity index (χ2v) is 3.22. The first-order chi connectivity index (χ1) is 7.27. The first kappa shape index (κ1) is 9.45. The number of aromatic amines is 1. The predicted octanol–water partition coefficient (Wildman–Crippen LogP) is 0.955. The molecule has 15 heavy (non-hydrogen) atoms. The molecule has 2 aromatic rings. The number of nitrogens with two attached hydrogens (primary N) is 1. The highest BCUT2D eigenvalue weighted by Crippen LogP contribution is 2.19. The molecule has 1 unspecified atom stereocenters. The lowest BCUT2D eigenvalue weighted by Gasteiger charge is -2.13. The minimum atomic E-state index is 0.0981. The van der Waals surface area contributed by atoms with E-state index in [0.717, 1.165) is 5.56 Å². The first-order valence-corrected chi connectivity index (χ1v) is 4.58. The number of H-pyrrole nitrogens is 1. The van der Waals surface area contributed by atoms with Crippen LogP contribution in [0.3, 0.4) is 0 Å². The number of nitrogens with zero attached hydrogens (tertiary/aromatic N) is 3. The topological polar surface area (TPSA) is 92.5 Å². The second kappa shape index (κ2) is 3.95. The average molecular weight is 204 g/mol. The van der Waals surface area contributed by atoms with E-state index in [2.05, 4.69) is 25.5 Å². The second-order valence-electron chi connectivity index (χ2n) is 3.22. The van der Waals surface area contributed by atoms with E-state index in [0.29, 0.717) is 11.5 Å². The Bertz CT molecular complexity index is 424. The van der Waals surface area contributed by atoms with Crippen molar-refractivity contribution in [2.24, 2.45) is 0 Å². The van der Waals surface area contributed by atoms with Crippen LogP contribution < -0.4 is 11.1 Å². The van der Waals surface area contributed by atoms with Gasteiger partial charge in [-0.05, 0) is 6.92 Å². The van der Waals surface area contributed by atoms with Crippen molar-refractivity contribution in [3.8, 4) is 0 Å². The van der Waals surface area contributed by atoms with Gasteiger partial charge in [-0.2, -0.15) is 5.10 Å². The molecule has 0 bridgehead atoms. The highest BCUT2D eigenvalue weighted by Gasteiger charge is 2.08. The van der Waals surface area contributed by atoms with E-state index in [1.54, 1.807) is 12.4 Å². The fraction of sp³-hybridized carbons (Fsp3) is 0.222. The molecule has 0 aliphatic carbocycles. The minimum absolute atomic E-state index is 0.0981. The zero-order valence-corrected chi connectivity index (χ0v) is 8.31. The van der Waals surface area contributed by atoms with Crippen LogP contribution in [0.1, 0.15) is 18.5 Å². The molecule has 0 aliphatic heterocycles. The van der Waals surface area contributed by atoms with Gasteiger partial charge >= 0.3 is 0 Å². The maximum atomic E-state index is 5.71. The Morgan fingerprint density at radius 1 is 1.47 bits per heavy atom. The molecule has 6 nitrogen and oxygen atoms in total. The van der Waals surface area contributed by atoms with Crippen LogP contribution in [-0.2, 0) is 0 Å². The third kappa shape index (κ3) is 2.04. The summed E-state index contributed by atoms with van der Waals surface area (Å²) in [4.78, 5) is 7.87. The Morgan fingerprint density at radius 2 is 2.33 bits per heavy atom. The van der Waals surface area contributed by atoms with Gasteiger partial charge in [0.2, 0.25) is 0 Å². The smallest absolute Gasteiger partial charge is 0.153 e. The maximum Gasteiger partial charge on any atom is 0.153 e. The lowest BCUT2D eigenvalue weighted by atomic mass is 10.2. The van der Waals surface area contributed by atoms with Crippen molar-refractivity contribution in [1.82, 2.24) is 20.2 Å². The van der Waals surface area contributed by atoms with Crippen LogP contribution in [0.5, 0.6) is 0 Å². The van der Waals surface area contributed by atoms with Gasteiger partial charge in [-0.3, -0.25) is 5.10 Å². The van der Waals surface area contributed by atoms with Crippen LogP contribution in [0.4, 0.5) is 11.5 Å². The molecule has 0 saturated heterocycles. The van der Waals surface area contributed by atoms with Gasteiger partial charge in [0.1, 0.15) is 6.33 Å². The van der Waals surface area contributed by atoms with Crippen LogP contribution in [0, 0.1) is 0 Å². The van der Waals surface area contributed by atoms with Crippen molar-refractivity contribution >= 4 is 11.5 Å². The predicted molar refractivity (Wildman–Crippen MR) is 57.1 cm³/mol. The Hall–Kier alpha value is -2.11. The number of aromatic nitrogens is 4. The lowest BCUT2D eigenvalue weighted by Crippen LogP contribution is -2.09. The van der Waals surface area contributed by atoms with E-state index in [-0.39, 0.29) is 6.04 Å². The van der Waals surface area contributed by atoms with E-state index < -0.39 is 0 Å². The van der Waals surface area contributed by atoms with Crippen molar-refractivity contribution < 1.29 is 0 Å². The molecular formula is C9H12N6. The molecule has 6 heteroatoms. The van der Waals surface area contributed by atoms with Crippen LogP contribution in [0.15, 0.2) is 24.9 Å². The number of hydrogen-bond acceptors (Lipinski definition) is 5. The molecule has 2 rings (SSSR count). The summed E-state index contributed by atoms with van der Waals surface area (Å²) in [5.74, 6) is 0.638. The summed E-state index contributed by atoms with van der Waals surface area (Å²) in [5, 5.41) is 9.81. The van der Waals surface area contributed by atoms with Gasteiger partial charge in [-0.25, -0.2) is 9.97 Å². The third-order valence-electron chi connectivity index (χ3n) is 2.11. The monoisotopic (exact) mass is 204 g/mol. The van der Waals surface area contributed by atoms with E-state index in [1.165, 1.54) is 6.33 Å². The molecule has 0 spiro atoms. The molecule has 0 aliphatic rings. The molecule has 0 aromatic carbocycles. The minimum Gasteiger partial charge on any atom is -0.394 e. The largest absolute Gasteiger partial charge is 0.394 e. The summed E-state index contributed by atoms with van der Waals surface area (Å²) in [6.07, 6.45) is 6.61. The standard InChI is InChI=1S/C9H12N6/c1-6(7-2-13-14-3-7)15-9-8(10)4-11-5-12-9/h2-6H,10H2,1H3,(H,13,14)(H,11,12,15). The number of rotatable bonds is 3. The number of nitrogens with one attached hydrogen (secondary N) is 2. The van der Waals surface area contributed by atoms with E-state index >= 15 is 0 Å². The molecule has 0 amide bonds. The van der Waals surface area contributed by atoms with Crippen molar-refractivity contribution in [3.63, 3.8) is 0 Å². The third-order valence-corrected chi connectivity index (χ3v) is 2.11. The molecule has 1 atom stereocenters. The number of hydrogen-bond donors (Lipinski definition) is 3. The van der Waals surface area contributed by atoms with Gasteiger partial charge in [0, 0.05) is 11.8 Å². The lowest BCUT2D eigenvalue weighted by molar-refractivity contribution is 0.874. The van der Waals surface area contributed by atoms with Gasteiger partial charge in [-0.15, -0.1) is 0 Å². The summed E-state index contributed by atoms with van der Waals surface area (Å²) in [6.45, 7) is 2.01. The molecular weight excluding hydrogens is 192 g/mol. The van der Waals surface area contributed by atoms with Crippen molar-refractivity contribution in [2.45, 2.75) is 13.0 Å². The number of nitrogen functional groups attached to an aromatic ring is 1. The van der Waals surface area contributed by atoms with Gasteiger partial charge in [-0.1, -0.05) is 0 Å². The quantitative estimate of drug-likeness (QED) is 0.692. The van der Waals surface area contributed by atoms with E-state index in [4.69, 9.17) is 5.73 Å². The molecule has 0 fully saturated rings. The summed E-state index contributed by atoms with van der Waals surface area (Å²) < 4.78 is 0. The molecule has 2 heterocycles. The van der Waals surface area contributed by atoms with Gasteiger partial charge in [0.05, 0.1) is 24.1 Å². The Morgan fingerprint density at radius 3 is 3.00 bits per heavy atom. The summed E-state index contributed by atoms with van der Waals surface area (Å²) >= 11 is 0. The SMILES string of the molecule is CC(Nc1ncncc1N)c1cn[nH]c1. The van der Waals surface area contributed by atoms with E-state index in [9.17, 15) is 0 Å². The van der Waals surface area contributed by atoms with E-state index in [1.807, 2.05) is 13.1 Å². The highest BCUT2D eigenvalue weighted by atomic mass is 15.1. The molecule has 78 valence electrons. The first-order valence-electron chi connectivity index (χ1n) is 4.58. The summed E-state index contributed by atoms with van der Waals surface area (Å²) in [7, 11) is 0. The Balaban J connectivity index is 2.13. The van der Waals surface area contributed by atoms with Gasteiger partial charge in [0.15, 0.2) is 5.82 Å². The maximum absolute atomic E-state index is 5.71. The van der Waals surface area contributed by atoms with Crippen molar-refractivity contribution in [2.75, 3.05) is 11.1 Å². The molecule has 4 N–H and O–H groups in total. The summed E-state index contributed by atoms with van der Waals surface area (Å²) in [6, 6.07) is 0.0981. The Labute approximate surface area is 86.9 Å². The van der Waals surface area contributed by atoms with Crippen molar-refractivity contribution in [3.05, 3.63) is 30.5 Å². The number of anilines is 2. The van der Waals surface area contributed by atoms with Gasteiger partial charge < -0.3 is 11.1 Å². The fourth-order valence-corrected chi connectivity index (χ4v) is 1.25. The average Bonchev–Trinajstić information content (AvgIpc) is 2.74. The summed E-state index contributed by atoms with van der Waals surface area (Å²) in [5.41, 5.74) is 7.30. The highest BCUT2D eigenvalue weighted by molar-refractivity contribution is 5.59. The van der Waals surface area contributed by atoms with Crippen LogP contribution in [0.25, 0.3) is 0 Å². The zero-order valence-electron chi connectivity index (χ0n) is 8.31. The van der Waals surface area contributed by atoms with Crippen LogP contribution in [0.2, 0.25) is 0 Å². The zero-order chi connectivity index (χ0) is 10.7.